The van der Waals surface area contributed by atoms with Crippen LogP contribution >= 0.6 is 0 Å². The lowest BCUT2D eigenvalue weighted by atomic mass is 10.1. The van der Waals surface area contributed by atoms with E-state index in [1.54, 1.807) is 24.3 Å². The van der Waals surface area contributed by atoms with Gasteiger partial charge >= 0.3 is 17.6 Å². The van der Waals surface area contributed by atoms with E-state index in [0.717, 1.165) is 11.1 Å². The van der Waals surface area contributed by atoms with Crippen LogP contribution in [0, 0.1) is 13.8 Å². The van der Waals surface area contributed by atoms with Gasteiger partial charge < -0.3 is 19.9 Å². The number of hydrogen-bond donors (Lipinski definition) is 1. The summed E-state index contributed by atoms with van der Waals surface area (Å²) >= 11 is 0. The zero-order chi connectivity index (χ0) is 24.2. The molecule has 1 aliphatic rings. The molecule has 3 aromatic rings. The Bertz CT molecular complexity index is 1240. The van der Waals surface area contributed by atoms with Crippen LogP contribution in [0.25, 0.3) is 0 Å². The quantitative estimate of drug-likeness (QED) is 0.554. The van der Waals surface area contributed by atoms with E-state index in [2.05, 4.69) is 4.98 Å². The SMILES string of the molecule is Cc1ccc(C(=O)OC[C@H]2O[C@@H](n3ccc(N)nc3=O)C[C@@H]2OC(=O)c2ccc(C)cc2)cc1. The van der Waals surface area contributed by atoms with Gasteiger partial charge in [-0.25, -0.2) is 14.4 Å². The number of nitrogens with zero attached hydrogens (tertiary/aromatic N) is 2. The number of aryl methyl sites for hydroxylation is 2. The normalized spacial score (nSPS) is 19.5. The molecule has 1 fully saturated rings. The Labute approximate surface area is 196 Å². The van der Waals surface area contributed by atoms with Crippen LogP contribution < -0.4 is 11.4 Å². The minimum Gasteiger partial charge on any atom is -0.459 e. The largest absolute Gasteiger partial charge is 0.459 e. The van der Waals surface area contributed by atoms with Crippen molar-refractivity contribution < 1.29 is 23.8 Å². The lowest BCUT2D eigenvalue weighted by molar-refractivity contribution is -0.0582. The van der Waals surface area contributed by atoms with E-state index in [1.807, 2.05) is 38.1 Å². The molecule has 2 heterocycles. The highest BCUT2D eigenvalue weighted by atomic mass is 16.6. The van der Waals surface area contributed by atoms with Crippen LogP contribution in [0.1, 0.15) is 44.5 Å². The van der Waals surface area contributed by atoms with Crippen molar-refractivity contribution in [1.82, 2.24) is 9.55 Å². The first kappa shape index (κ1) is 23.2. The van der Waals surface area contributed by atoms with Crippen molar-refractivity contribution in [3.8, 4) is 0 Å². The molecule has 0 aliphatic carbocycles. The standard InChI is InChI=1S/C25H25N3O6/c1-15-3-7-17(8-4-15)23(29)32-14-20-19(34-24(30)18-9-5-16(2)6-10-18)13-22(33-20)28-12-11-21(26)27-25(28)31/h3-12,19-20,22H,13-14H2,1-2H3,(H2,26,27,31)/t19-,20+,22+/m0/s1. The van der Waals surface area contributed by atoms with Crippen LogP contribution in [0.3, 0.4) is 0 Å². The predicted molar refractivity (Wildman–Crippen MR) is 123 cm³/mol. The number of aromatic nitrogens is 2. The van der Waals surface area contributed by atoms with Gasteiger partial charge in [0.2, 0.25) is 0 Å². The number of anilines is 1. The number of nitrogen functional groups attached to an aromatic ring is 1. The maximum Gasteiger partial charge on any atom is 0.351 e. The van der Waals surface area contributed by atoms with Crippen LogP contribution in [-0.2, 0) is 14.2 Å². The summed E-state index contributed by atoms with van der Waals surface area (Å²) in [6.45, 7) is 3.68. The Balaban J connectivity index is 1.50. The summed E-state index contributed by atoms with van der Waals surface area (Å²) in [5.74, 6) is -0.973. The van der Waals surface area contributed by atoms with Gasteiger partial charge in [-0.3, -0.25) is 4.57 Å². The fourth-order valence-electron chi connectivity index (χ4n) is 3.62. The number of benzene rings is 2. The Morgan fingerprint density at radius 3 is 2.18 bits per heavy atom. The lowest BCUT2D eigenvalue weighted by Gasteiger charge is -2.19. The number of nitrogens with two attached hydrogens (primary N) is 1. The Morgan fingerprint density at radius 1 is 1.00 bits per heavy atom. The Hall–Kier alpha value is -3.98. The zero-order valence-corrected chi connectivity index (χ0v) is 18.8. The van der Waals surface area contributed by atoms with E-state index in [4.69, 9.17) is 19.9 Å². The molecule has 9 nitrogen and oxygen atoms in total. The molecule has 9 heteroatoms. The lowest BCUT2D eigenvalue weighted by Crippen LogP contribution is -2.32. The van der Waals surface area contributed by atoms with Crippen molar-refractivity contribution in [2.45, 2.75) is 38.7 Å². The second kappa shape index (κ2) is 9.88. The maximum absolute atomic E-state index is 12.7. The summed E-state index contributed by atoms with van der Waals surface area (Å²) in [7, 11) is 0. The second-order valence-corrected chi connectivity index (χ2v) is 8.18. The maximum atomic E-state index is 12.7. The molecule has 0 spiro atoms. The van der Waals surface area contributed by atoms with Crippen molar-refractivity contribution in [3.63, 3.8) is 0 Å². The molecule has 1 saturated heterocycles. The van der Waals surface area contributed by atoms with E-state index in [9.17, 15) is 14.4 Å². The van der Waals surface area contributed by atoms with Gasteiger partial charge in [-0.05, 0) is 44.2 Å². The van der Waals surface area contributed by atoms with Gasteiger partial charge in [0, 0.05) is 12.6 Å². The number of carbonyl (C=O) groups is 2. The molecule has 2 aromatic carbocycles. The highest BCUT2D eigenvalue weighted by Gasteiger charge is 2.40. The molecule has 1 aromatic heterocycles. The van der Waals surface area contributed by atoms with Crippen molar-refractivity contribution >= 4 is 17.8 Å². The van der Waals surface area contributed by atoms with Gasteiger partial charge in [0.15, 0.2) is 0 Å². The van der Waals surface area contributed by atoms with Gasteiger partial charge in [-0.15, -0.1) is 0 Å². The Morgan fingerprint density at radius 2 is 1.59 bits per heavy atom. The first-order valence-corrected chi connectivity index (χ1v) is 10.8. The molecular formula is C25H25N3O6. The minimum absolute atomic E-state index is 0.0881. The first-order chi connectivity index (χ1) is 16.3. The summed E-state index contributed by atoms with van der Waals surface area (Å²) in [4.78, 5) is 41.2. The predicted octanol–water partition coefficient (Wildman–Crippen LogP) is 2.81. The van der Waals surface area contributed by atoms with Gasteiger partial charge in [-0.1, -0.05) is 35.4 Å². The van der Waals surface area contributed by atoms with Crippen LogP contribution in [-0.4, -0.2) is 40.3 Å². The van der Waals surface area contributed by atoms with Crippen LogP contribution in [0.4, 0.5) is 5.82 Å². The zero-order valence-electron chi connectivity index (χ0n) is 18.8. The minimum atomic E-state index is -0.779. The molecule has 0 unspecified atom stereocenters. The molecule has 0 bridgehead atoms. The molecule has 0 saturated carbocycles. The van der Waals surface area contributed by atoms with Crippen LogP contribution in [0.15, 0.2) is 65.6 Å². The van der Waals surface area contributed by atoms with Crippen LogP contribution in [0.2, 0.25) is 0 Å². The molecule has 0 amide bonds. The second-order valence-electron chi connectivity index (χ2n) is 8.18. The third-order valence-electron chi connectivity index (χ3n) is 5.55. The van der Waals surface area contributed by atoms with Crippen molar-refractivity contribution in [2.24, 2.45) is 0 Å². The van der Waals surface area contributed by atoms with E-state index in [0.29, 0.717) is 11.1 Å². The van der Waals surface area contributed by atoms with Gasteiger partial charge in [0.25, 0.3) is 0 Å². The average Bonchev–Trinajstić information content (AvgIpc) is 3.20. The third kappa shape index (κ3) is 5.32. The monoisotopic (exact) mass is 463 g/mol. The van der Waals surface area contributed by atoms with Crippen molar-refractivity contribution in [2.75, 3.05) is 12.3 Å². The smallest absolute Gasteiger partial charge is 0.351 e. The molecule has 1 aliphatic heterocycles. The summed E-state index contributed by atoms with van der Waals surface area (Å²) in [6, 6.07) is 15.4. The first-order valence-electron chi connectivity index (χ1n) is 10.8. The molecule has 176 valence electrons. The fraction of sp³-hybridized carbons (Fsp3) is 0.280. The van der Waals surface area contributed by atoms with Gasteiger partial charge in [0.05, 0.1) is 11.1 Å². The van der Waals surface area contributed by atoms with Crippen LogP contribution in [0.5, 0.6) is 0 Å². The summed E-state index contributed by atoms with van der Waals surface area (Å²) in [6.07, 6.45) is -0.656. The number of ether oxygens (including phenoxy) is 3. The summed E-state index contributed by atoms with van der Waals surface area (Å²) in [5, 5.41) is 0. The van der Waals surface area contributed by atoms with Gasteiger partial charge in [-0.2, -0.15) is 4.98 Å². The van der Waals surface area contributed by atoms with E-state index >= 15 is 0 Å². The average molecular weight is 463 g/mol. The summed E-state index contributed by atoms with van der Waals surface area (Å²) < 4.78 is 18.4. The third-order valence-corrected chi connectivity index (χ3v) is 5.55. The number of hydrogen-bond acceptors (Lipinski definition) is 8. The van der Waals surface area contributed by atoms with E-state index in [-0.39, 0.29) is 18.8 Å². The van der Waals surface area contributed by atoms with E-state index in [1.165, 1.54) is 16.8 Å². The molecule has 3 atom stereocenters. The fourth-order valence-corrected chi connectivity index (χ4v) is 3.62. The topological polar surface area (TPSA) is 123 Å². The summed E-state index contributed by atoms with van der Waals surface area (Å²) in [5.41, 5.74) is 7.79. The number of rotatable bonds is 6. The highest BCUT2D eigenvalue weighted by Crippen LogP contribution is 2.31. The number of carbonyl (C=O) groups excluding carboxylic acids is 2. The molecule has 2 N–H and O–H groups in total. The molecule has 34 heavy (non-hydrogen) atoms. The Kier molecular flexibility index (Phi) is 6.74. The van der Waals surface area contributed by atoms with Crippen molar-refractivity contribution in [1.29, 1.82) is 0 Å². The molecule has 0 radical (unpaired) electrons. The number of esters is 2. The molecule has 4 rings (SSSR count). The van der Waals surface area contributed by atoms with E-state index < -0.39 is 36.1 Å². The van der Waals surface area contributed by atoms with Gasteiger partial charge in [0.1, 0.15) is 30.9 Å². The molecular weight excluding hydrogens is 438 g/mol. The highest BCUT2D eigenvalue weighted by molar-refractivity contribution is 5.90. The van der Waals surface area contributed by atoms with Crippen molar-refractivity contribution in [3.05, 3.63) is 93.5 Å².